The number of aromatic nitrogens is 2. The van der Waals surface area contributed by atoms with E-state index < -0.39 is 17.6 Å². The molecule has 2 N–H and O–H groups in total. The summed E-state index contributed by atoms with van der Waals surface area (Å²) >= 11 is 5.87. The van der Waals surface area contributed by atoms with E-state index in [1.165, 1.54) is 6.07 Å². The minimum absolute atomic E-state index is 0.173. The number of aromatic amines is 1. The first kappa shape index (κ1) is 25.1. The number of fused-ring (bicyclic) bond motifs is 1. The Morgan fingerprint density at radius 2 is 1.92 bits per heavy atom. The highest BCUT2D eigenvalue weighted by Gasteiger charge is 2.22. The minimum atomic E-state index is -0.840. The average Bonchev–Trinajstić information content (AvgIpc) is 3.35. The molecule has 0 aliphatic carbocycles. The second kappa shape index (κ2) is 11.1. The highest BCUT2D eigenvalue weighted by molar-refractivity contribution is 6.31. The molecule has 1 heterocycles. The fourth-order valence-electron chi connectivity index (χ4n) is 3.91. The van der Waals surface area contributed by atoms with Gasteiger partial charge in [-0.2, -0.15) is 5.10 Å². The average molecular weight is 504 g/mol. The van der Waals surface area contributed by atoms with Gasteiger partial charge in [0.1, 0.15) is 5.82 Å². The third-order valence-electron chi connectivity index (χ3n) is 5.88. The zero-order valence-electron chi connectivity index (χ0n) is 19.6. The number of anilines is 1. The van der Waals surface area contributed by atoms with Crippen LogP contribution < -0.4 is 5.32 Å². The molecule has 0 bridgehead atoms. The van der Waals surface area contributed by atoms with Crippen molar-refractivity contribution in [2.24, 2.45) is 5.92 Å². The predicted molar refractivity (Wildman–Crippen MR) is 142 cm³/mol. The Morgan fingerprint density at radius 3 is 2.67 bits per heavy atom. The molecule has 3 aromatic carbocycles. The van der Waals surface area contributed by atoms with Gasteiger partial charge in [-0.15, -0.1) is 0 Å². The number of hydrogen-bond acceptors (Lipinski definition) is 2. The molecule has 1 amide bonds. The molecule has 4 rings (SSSR count). The summed E-state index contributed by atoms with van der Waals surface area (Å²) in [6.45, 7) is 5.78. The number of halogens is 3. The van der Waals surface area contributed by atoms with E-state index in [2.05, 4.69) is 22.1 Å². The van der Waals surface area contributed by atoms with Crippen molar-refractivity contribution in [2.75, 3.05) is 5.32 Å². The van der Waals surface area contributed by atoms with Crippen molar-refractivity contribution in [1.82, 2.24) is 10.2 Å². The smallest absolute Gasteiger partial charge is 0.232 e. The van der Waals surface area contributed by atoms with Gasteiger partial charge in [0.05, 0.1) is 28.2 Å². The van der Waals surface area contributed by atoms with Gasteiger partial charge in [-0.25, -0.2) is 8.78 Å². The van der Waals surface area contributed by atoms with Crippen LogP contribution in [0.15, 0.2) is 97.2 Å². The number of rotatable bonds is 8. The Bertz CT molecular complexity index is 1470. The van der Waals surface area contributed by atoms with Gasteiger partial charge >= 0.3 is 0 Å². The minimum Gasteiger partial charge on any atom is -0.325 e. The molecule has 7 heteroatoms. The number of amides is 1. The topological polar surface area (TPSA) is 57.8 Å². The number of hydrogen-bond donors (Lipinski definition) is 2. The van der Waals surface area contributed by atoms with Crippen molar-refractivity contribution in [3.63, 3.8) is 0 Å². The molecule has 0 aliphatic rings. The van der Waals surface area contributed by atoms with Gasteiger partial charge in [0.15, 0.2) is 5.82 Å². The zero-order chi connectivity index (χ0) is 25.7. The number of carbonyl (C=O) groups excluding carboxylic acids is 1. The summed E-state index contributed by atoms with van der Waals surface area (Å²) in [5.74, 6) is -2.45. The monoisotopic (exact) mass is 503 g/mol. The number of allylic oxidation sites excluding steroid dienone is 4. The summed E-state index contributed by atoms with van der Waals surface area (Å²) in [5, 5.41) is 10.6. The maximum atomic E-state index is 14.6. The zero-order valence-corrected chi connectivity index (χ0v) is 20.3. The predicted octanol–water partition coefficient (Wildman–Crippen LogP) is 7.51. The number of nitrogens with zero attached hydrogens (tertiary/aromatic N) is 1. The maximum absolute atomic E-state index is 14.6. The summed E-state index contributed by atoms with van der Waals surface area (Å²) < 4.78 is 29.0. The van der Waals surface area contributed by atoms with Crippen LogP contribution >= 0.6 is 11.6 Å². The highest BCUT2D eigenvalue weighted by Crippen LogP contribution is 2.29. The summed E-state index contributed by atoms with van der Waals surface area (Å²) in [5.41, 5.74) is 2.91. The maximum Gasteiger partial charge on any atom is 0.232 e. The van der Waals surface area contributed by atoms with Crippen LogP contribution in [0.3, 0.4) is 0 Å². The Hall–Kier alpha value is -4.03. The van der Waals surface area contributed by atoms with Crippen molar-refractivity contribution in [3.8, 4) is 0 Å². The lowest BCUT2D eigenvalue weighted by molar-refractivity contribution is -0.118. The van der Waals surface area contributed by atoms with Crippen LogP contribution in [-0.2, 0) is 11.2 Å². The van der Waals surface area contributed by atoms with Gasteiger partial charge in [-0.3, -0.25) is 9.89 Å². The van der Waals surface area contributed by atoms with E-state index in [1.54, 1.807) is 43.5 Å². The fourth-order valence-corrected chi connectivity index (χ4v) is 4.07. The standard InChI is InChI=1S/C29H24ClF2N3O/c1-3-20(27-25(31)14-13-24(30)28(27)32)10-9-18(2)23(15-19-7-5-4-6-8-19)29(36)34-22-12-11-21-17-33-35-26(21)16-22/h3-14,16-17,23H,2,15H2,1H3,(H,33,35)(H,34,36)/b10-9-,20-3+. The van der Waals surface area contributed by atoms with E-state index in [0.29, 0.717) is 17.7 Å². The van der Waals surface area contributed by atoms with Crippen molar-refractivity contribution in [3.05, 3.63) is 125 Å². The largest absolute Gasteiger partial charge is 0.325 e. The fraction of sp³-hybridized carbons (Fsp3) is 0.103. The first-order valence-corrected chi connectivity index (χ1v) is 11.7. The van der Waals surface area contributed by atoms with Gasteiger partial charge in [0.2, 0.25) is 5.91 Å². The van der Waals surface area contributed by atoms with E-state index in [9.17, 15) is 13.6 Å². The molecule has 0 saturated carbocycles. The summed E-state index contributed by atoms with van der Waals surface area (Å²) in [6, 6.07) is 17.3. The van der Waals surface area contributed by atoms with Gasteiger partial charge in [0.25, 0.3) is 0 Å². The Balaban J connectivity index is 1.61. The second-order valence-corrected chi connectivity index (χ2v) is 8.68. The third kappa shape index (κ3) is 5.61. The van der Waals surface area contributed by atoms with E-state index in [-0.39, 0.29) is 22.1 Å². The summed E-state index contributed by atoms with van der Waals surface area (Å²) in [6.07, 6.45) is 6.83. The first-order valence-electron chi connectivity index (χ1n) is 11.3. The molecule has 182 valence electrons. The number of nitrogens with one attached hydrogen (secondary N) is 2. The lowest BCUT2D eigenvalue weighted by Gasteiger charge is -2.18. The van der Waals surface area contributed by atoms with Crippen LogP contribution in [0.5, 0.6) is 0 Å². The lowest BCUT2D eigenvalue weighted by Crippen LogP contribution is -2.25. The normalized spacial score (nSPS) is 12.7. The molecule has 1 aromatic heterocycles. The highest BCUT2D eigenvalue weighted by atomic mass is 35.5. The molecule has 36 heavy (non-hydrogen) atoms. The van der Waals surface area contributed by atoms with Gasteiger partial charge in [0, 0.05) is 11.1 Å². The SMILES string of the molecule is C=C(/C=C\C(=C/C)c1c(F)ccc(Cl)c1F)C(Cc1ccccc1)C(=O)Nc1ccc2cn[nH]c2c1. The van der Waals surface area contributed by atoms with E-state index in [4.69, 9.17) is 11.6 Å². The Labute approximate surface area is 213 Å². The van der Waals surface area contributed by atoms with E-state index in [1.807, 2.05) is 36.4 Å². The van der Waals surface area contributed by atoms with Crippen molar-refractivity contribution >= 4 is 39.7 Å². The molecule has 0 spiro atoms. The number of carbonyl (C=O) groups is 1. The van der Waals surface area contributed by atoms with Crippen LogP contribution in [0.1, 0.15) is 18.1 Å². The Kier molecular flexibility index (Phi) is 7.76. The third-order valence-corrected chi connectivity index (χ3v) is 6.17. The van der Waals surface area contributed by atoms with Crippen LogP contribution in [0.4, 0.5) is 14.5 Å². The van der Waals surface area contributed by atoms with Gasteiger partial charge in [-0.1, -0.05) is 66.7 Å². The molecule has 0 aliphatic heterocycles. The molecule has 1 atom stereocenters. The number of H-pyrrole nitrogens is 1. The van der Waals surface area contributed by atoms with E-state index in [0.717, 1.165) is 22.5 Å². The van der Waals surface area contributed by atoms with Crippen LogP contribution in [-0.4, -0.2) is 16.1 Å². The molecular formula is C29H24ClF2N3O. The molecule has 0 radical (unpaired) electrons. The van der Waals surface area contributed by atoms with Crippen LogP contribution in [0.2, 0.25) is 5.02 Å². The molecule has 1 unspecified atom stereocenters. The van der Waals surface area contributed by atoms with Crippen LogP contribution in [0, 0.1) is 17.6 Å². The molecule has 4 nitrogen and oxygen atoms in total. The van der Waals surface area contributed by atoms with Crippen molar-refractivity contribution in [2.45, 2.75) is 13.3 Å². The summed E-state index contributed by atoms with van der Waals surface area (Å²) in [7, 11) is 0. The lowest BCUT2D eigenvalue weighted by atomic mass is 9.90. The quantitative estimate of drug-likeness (QED) is 0.193. The van der Waals surface area contributed by atoms with Crippen molar-refractivity contribution in [1.29, 1.82) is 0 Å². The summed E-state index contributed by atoms with van der Waals surface area (Å²) in [4.78, 5) is 13.4. The van der Waals surface area contributed by atoms with Crippen LogP contribution in [0.25, 0.3) is 16.5 Å². The van der Waals surface area contributed by atoms with Gasteiger partial charge < -0.3 is 5.32 Å². The number of benzene rings is 3. The molecule has 0 fully saturated rings. The van der Waals surface area contributed by atoms with Crippen molar-refractivity contribution < 1.29 is 13.6 Å². The van der Waals surface area contributed by atoms with E-state index >= 15 is 0 Å². The molecule has 0 saturated heterocycles. The Morgan fingerprint density at radius 1 is 1.14 bits per heavy atom. The van der Waals surface area contributed by atoms with Gasteiger partial charge in [-0.05, 0) is 60.4 Å². The molecular weight excluding hydrogens is 480 g/mol. The first-order chi connectivity index (χ1) is 17.4. The second-order valence-electron chi connectivity index (χ2n) is 8.27. The molecule has 4 aromatic rings.